The zero-order chi connectivity index (χ0) is 18.7. The minimum Gasteiger partial charge on any atom is -0.354 e. The number of rotatable bonds is 7. The van der Waals surface area contributed by atoms with Crippen molar-refractivity contribution in [2.24, 2.45) is 0 Å². The van der Waals surface area contributed by atoms with Crippen molar-refractivity contribution >= 4 is 17.1 Å². The summed E-state index contributed by atoms with van der Waals surface area (Å²) in [6.45, 7) is 1.06. The number of anilines is 1. The van der Waals surface area contributed by atoms with E-state index in [1.165, 1.54) is 6.20 Å². The number of fused-ring (bicyclic) bond motifs is 1. The number of benzene rings is 1. The lowest BCUT2D eigenvalue weighted by Gasteiger charge is -2.07. The molecule has 3 N–H and O–H groups in total. The second-order valence-electron chi connectivity index (χ2n) is 5.69. The molecule has 0 amide bonds. The Kier molecular flexibility index (Phi) is 5.21. The van der Waals surface area contributed by atoms with Crippen LogP contribution in [0.3, 0.4) is 0 Å². The van der Waals surface area contributed by atoms with Gasteiger partial charge in [-0.05, 0) is 26.1 Å². The maximum Gasteiger partial charge on any atom is 0.328 e. The summed E-state index contributed by atoms with van der Waals surface area (Å²) in [5.41, 5.74) is -0.309. The predicted octanol–water partition coefficient (Wildman–Crippen LogP) is 1.61. The van der Waals surface area contributed by atoms with Gasteiger partial charge in [-0.3, -0.25) is 4.57 Å². The molecule has 0 saturated heterocycles. The van der Waals surface area contributed by atoms with Crippen LogP contribution >= 0.6 is 0 Å². The van der Waals surface area contributed by atoms with Gasteiger partial charge in [0.1, 0.15) is 11.3 Å². The number of H-pyrrole nitrogens is 1. The van der Waals surface area contributed by atoms with Crippen LogP contribution in [0.25, 0.3) is 11.2 Å². The number of imidazole rings is 1. The molecular formula is C16H17F3N6O. The average Bonchev–Trinajstić information content (AvgIpc) is 2.91. The molecule has 7 nitrogen and oxygen atoms in total. The third-order valence-corrected chi connectivity index (χ3v) is 3.79. The molecule has 10 heteroatoms. The molecule has 138 valence electrons. The number of aromatic nitrogens is 4. The van der Waals surface area contributed by atoms with Crippen molar-refractivity contribution in [2.45, 2.75) is 13.0 Å². The summed E-state index contributed by atoms with van der Waals surface area (Å²) in [6.07, 6.45) is 2.26. The molecule has 0 atom stereocenters. The number of nitrogens with zero attached hydrogens (tertiary/aromatic N) is 3. The highest BCUT2D eigenvalue weighted by molar-refractivity contribution is 5.71. The number of nitrogens with one attached hydrogen (secondary N) is 3. The van der Waals surface area contributed by atoms with Crippen molar-refractivity contribution in [2.75, 3.05) is 25.5 Å². The van der Waals surface area contributed by atoms with E-state index in [1.54, 1.807) is 0 Å². The van der Waals surface area contributed by atoms with Crippen LogP contribution in [0.5, 0.6) is 0 Å². The first-order valence-corrected chi connectivity index (χ1v) is 7.97. The van der Waals surface area contributed by atoms with E-state index in [9.17, 15) is 18.0 Å². The summed E-state index contributed by atoms with van der Waals surface area (Å²) < 4.78 is 41.8. The summed E-state index contributed by atoms with van der Waals surface area (Å²) in [6, 6.07) is 1.30. The predicted molar refractivity (Wildman–Crippen MR) is 90.6 cm³/mol. The summed E-state index contributed by atoms with van der Waals surface area (Å²) >= 11 is 0. The topological polar surface area (TPSA) is 87.6 Å². The van der Waals surface area contributed by atoms with Gasteiger partial charge in [0.15, 0.2) is 17.3 Å². The quantitative estimate of drug-likeness (QED) is 0.437. The Hall–Kier alpha value is -2.88. The average molecular weight is 366 g/mol. The maximum absolute atomic E-state index is 13.9. The molecule has 2 aromatic heterocycles. The highest BCUT2D eigenvalue weighted by Gasteiger charge is 2.16. The number of aromatic amines is 1. The summed E-state index contributed by atoms with van der Waals surface area (Å²) in [7, 11) is 1.84. The first-order chi connectivity index (χ1) is 12.5. The van der Waals surface area contributed by atoms with E-state index < -0.39 is 23.1 Å². The fraction of sp³-hybridized carbons (Fsp3) is 0.312. The van der Waals surface area contributed by atoms with Crippen LogP contribution in [0.15, 0.2) is 23.1 Å². The second kappa shape index (κ2) is 7.56. The summed E-state index contributed by atoms with van der Waals surface area (Å²) in [5, 5.41) is 6.03. The molecule has 2 heterocycles. The van der Waals surface area contributed by atoms with Gasteiger partial charge in [0, 0.05) is 18.2 Å². The minimum absolute atomic E-state index is 0.213. The molecule has 3 rings (SSSR count). The highest BCUT2D eigenvalue weighted by Crippen LogP contribution is 2.17. The smallest absolute Gasteiger partial charge is 0.328 e. The van der Waals surface area contributed by atoms with Crippen LogP contribution in [0.2, 0.25) is 0 Å². The van der Waals surface area contributed by atoms with Gasteiger partial charge in [-0.15, -0.1) is 0 Å². The fourth-order valence-electron chi connectivity index (χ4n) is 2.54. The molecule has 0 saturated carbocycles. The van der Waals surface area contributed by atoms with E-state index in [1.807, 2.05) is 7.05 Å². The Morgan fingerprint density at radius 3 is 2.81 bits per heavy atom. The molecule has 0 aliphatic rings. The van der Waals surface area contributed by atoms with E-state index >= 15 is 0 Å². The SMILES string of the molecule is CNCCCNc1ncc2[nH]c(=O)n(Cc3cc(F)cc(F)c3F)c2n1. The molecule has 0 spiro atoms. The molecule has 0 fully saturated rings. The summed E-state index contributed by atoms with van der Waals surface area (Å²) in [5.74, 6) is -3.14. The van der Waals surface area contributed by atoms with Gasteiger partial charge >= 0.3 is 5.69 Å². The van der Waals surface area contributed by atoms with Crippen molar-refractivity contribution in [1.82, 2.24) is 24.8 Å². The van der Waals surface area contributed by atoms with E-state index in [4.69, 9.17) is 0 Å². The van der Waals surface area contributed by atoms with Gasteiger partial charge in [0.25, 0.3) is 0 Å². The molecule has 0 unspecified atom stereocenters. The van der Waals surface area contributed by atoms with Crippen LogP contribution in [-0.2, 0) is 6.54 Å². The first kappa shape index (κ1) is 17.9. The molecule has 26 heavy (non-hydrogen) atoms. The van der Waals surface area contributed by atoms with Gasteiger partial charge in [0.2, 0.25) is 5.95 Å². The number of hydrogen-bond donors (Lipinski definition) is 3. The van der Waals surface area contributed by atoms with Crippen molar-refractivity contribution in [3.8, 4) is 0 Å². The molecule has 0 bridgehead atoms. The minimum atomic E-state index is -1.31. The monoisotopic (exact) mass is 366 g/mol. The lowest BCUT2D eigenvalue weighted by molar-refractivity contribution is 0.481. The third kappa shape index (κ3) is 3.69. The molecule has 0 radical (unpaired) electrons. The van der Waals surface area contributed by atoms with E-state index in [2.05, 4.69) is 25.6 Å². The van der Waals surface area contributed by atoms with Gasteiger partial charge in [-0.1, -0.05) is 0 Å². The normalized spacial score (nSPS) is 11.2. The standard InChI is InChI=1S/C16H17F3N6O/c1-20-3-2-4-21-15-22-7-12-14(24-15)25(16(26)23-12)8-9-5-10(17)6-11(18)13(9)19/h5-7,20H,2-4,8H2,1H3,(H,23,26)(H,21,22,24). The van der Waals surface area contributed by atoms with Crippen LogP contribution in [0.1, 0.15) is 12.0 Å². The molecular weight excluding hydrogens is 349 g/mol. The van der Waals surface area contributed by atoms with Gasteiger partial charge in [-0.2, -0.15) is 4.98 Å². The highest BCUT2D eigenvalue weighted by atomic mass is 19.2. The van der Waals surface area contributed by atoms with Crippen molar-refractivity contribution in [3.05, 3.63) is 51.8 Å². The Bertz CT molecular complexity index is 984. The second-order valence-corrected chi connectivity index (χ2v) is 5.69. The Morgan fingerprint density at radius 1 is 1.23 bits per heavy atom. The number of halogens is 3. The molecule has 0 aliphatic heterocycles. The van der Waals surface area contributed by atoms with Crippen LogP contribution in [0, 0.1) is 17.5 Å². The Morgan fingerprint density at radius 2 is 2.04 bits per heavy atom. The van der Waals surface area contributed by atoms with Crippen LogP contribution in [-0.4, -0.2) is 39.7 Å². The van der Waals surface area contributed by atoms with E-state index in [-0.39, 0.29) is 17.8 Å². The number of hydrogen-bond acceptors (Lipinski definition) is 5. The third-order valence-electron chi connectivity index (χ3n) is 3.79. The van der Waals surface area contributed by atoms with E-state index in [0.29, 0.717) is 24.1 Å². The zero-order valence-electron chi connectivity index (χ0n) is 13.9. The lowest BCUT2D eigenvalue weighted by Crippen LogP contribution is -2.19. The van der Waals surface area contributed by atoms with Crippen molar-refractivity contribution in [1.29, 1.82) is 0 Å². The van der Waals surface area contributed by atoms with Gasteiger partial charge in [0.05, 0.1) is 12.7 Å². The van der Waals surface area contributed by atoms with E-state index in [0.717, 1.165) is 23.6 Å². The largest absolute Gasteiger partial charge is 0.354 e. The maximum atomic E-state index is 13.9. The molecule has 0 aliphatic carbocycles. The Labute approximate surface area is 146 Å². The van der Waals surface area contributed by atoms with Gasteiger partial charge in [-0.25, -0.2) is 22.9 Å². The molecule has 3 aromatic rings. The zero-order valence-corrected chi connectivity index (χ0v) is 13.9. The van der Waals surface area contributed by atoms with Gasteiger partial charge < -0.3 is 15.6 Å². The first-order valence-electron chi connectivity index (χ1n) is 7.97. The van der Waals surface area contributed by atoms with Crippen molar-refractivity contribution < 1.29 is 13.2 Å². The molecule has 1 aromatic carbocycles. The lowest BCUT2D eigenvalue weighted by atomic mass is 10.2. The van der Waals surface area contributed by atoms with Crippen LogP contribution < -0.4 is 16.3 Å². The van der Waals surface area contributed by atoms with Crippen molar-refractivity contribution in [3.63, 3.8) is 0 Å². The van der Waals surface area contributed by atoms with Crippen LogP contribution in [0.4, 0.5) is 19.1 Å². The Balaban J connectivity index is 1.93. The fourth-order valence-corrected chi connectivity index (χ4v) is 2.54. The summed E-state index contributed by atoms with van der Waals surface area (Å²) in [4.78, 5) is 23.0.